The number of hydrogen-bond acceptors (Lipinski definition) is 3. The van der Waals surface area contributed by atoms with E-state index in [1.807, 2.05) is 31.2 Å². The number of rotatable bonds is 7. The van der Waals surface area contributed by atoms with Crippen LogP contribution in [0.15, 0.2) is 48.5 Å². The second-order valence-corrected chi connectivity index (χ2v) is 5.90. The molecule has 1 N–H and O–H groups in total. The molecule has 4 nitrogen and oxygen atoms in total. The minimum Gasteiger partial charge on any atom is -0.496 e. The normalized spacial score (nSPS) is 11.6. The molecule has 0 aliphatic rings. The number of benzene rings is 2. The van der Waals surface area contributed by atoms with Gasteiger partial charge in [0, 0.05) is 29.0 Å². The van der Waals surface area contributed by atoms with Crippen molar-refractivity contribution < 1.29 is 14.3 Å². The second-order valence-electron chi connectivity index (χ2n) is 5.46. The van der Waals surface area contributed by atoms with Gasteiger partial charge in [0.25, 0.3) is 0 Å². The number of nitrogens with one attached hydrogen (secondary N) is 1. The molecule has 0 aromatic heterocycles. The smallest absolute Gasteiger partial charge is 0.220 e. The maximum atomic E-state index is 12.1. The predicted octanol–water partition coefficient (Wildman–Crippen LogP) is 4.19. The maximum Gasteiger partial charge on any atom is 0.220 e. The number of methoxy groups -OCH3 is 1. The standard InChI is InChI=1S/C19H20ClNO3/c1-13(16-5-3-4-6-18(16)24-2)21-19(23)12-11-17(22)14-7-9-15(20)10-8-14/h3-10,13H,11-12H2,1-2H3,(H,21,23). The Labute approximate surface area is 146 Å². The average molecular weight is 346 g/mol. The lowest BCUT2D eigenvalue weighted by Crippen LogP contribution is -2.27. The minimum atomic E-state index is -0.195. The monoisotopic (exact) mass is 345 g/mol. The Morgan fingerprint density at radius 2 is 1.75 bits per heavy atom. The fourth-order valence-electron chi connectivity index (χ4n) is 2.42. The van der Waals surface area contributed by atoms with Crippen molar-refractivity contribution in [2.75, 3.05) is 7.11 Å². The van der Waals surface area contributed by atoms with E-state index in [2.05, 4.69) is 5.32 Å². The van der Waals surface area contributed by atoms with E-state index >= 15 is 0 Å². The largest absolute Gasteiger partial charge is 0.496 e. The SMILES string of the molecule is COc1ccccc1C(C)NC(=O)CCC(=O)c1ccc(Cl)cc1. The van der Waals surface area contributed by atoms with Gasteiger partial charge in [0.15, 0.2) is 5.78 Å². The van der Waals surface area contributed by atoms with E-state index < -0.39 is 0 Å². The molecule has 0 aliphatic heterocycles. The van der Waals surface area contributed by atoms with Crippen LogP contribution in [0.3, 0.4) is 0 Å². The van der Waals surface area contributed by atoms with Gasteiger partial charge in [-0.3, -0.25) is 9.59 Å². The predicted molar refractivity (Wildman–Crippen MR) is 94.6 cm³/mol. The zero-order valence-electron chi connectivity index (χ0n) is 13.7. The topological polar surface area (TPSA) is 55.4 Å². The Hall–Kier alpha value is -2.33. The molecule has 1 unspecified atom stereocenters. The molecule has 0 heterocycles. The summed E-state index contributed by atoms with van der Waals surface area (Å²) in [5, 5.41) is 3.47. The van der Waals surface area contributed by atoms with Gasteiger partial charge < -0.3 is 10.1 Å². The third-order valence-corrected chi connectivity index (χ3v) is 3.98. The summed E-state index contributed by atoms with van der Waals surface area (Å²) >= 11 is 5.80. The van der Waals surface area contributed by atoms with Crippen LogP contribution in [0.1, 0.15) is 41.7 Å². The van der Waals surface area contributed by atoms with Crippen molar-refractivity contribution in [3.05, 3.63) is 64.7 Å². The third kappa shape index (κ3) is 4.83. The summed E-state index contributed by atoms with van der Waals surface area (Å²) in [5.41, 5.74) is 1.46. The first-order chi connectivity index (χ1) is 11.5. The van der Waals surface area contributed by atoms with Crippen molar-refractivity contribution in [3.8, 4) is 5.75 Å². The van der Waals surface area contributed by atoms with Gasteiger partial charge in [-0.2, -0.15) is 0 Å². The van der Waals surface area contributed by atoms with Gasteiger partial charge in [0.2, 0.25) is 5.91 Å². The summed E-state index contributed by atoms with van der Waals surface area (Å²) in [5.74, 6) is 0.477. The molecular formula is C19H20ClNO3. The Kier molecular flexibility index (Phi) is 6.38. The fraction of sp³-hybridized carbons (Fsp3) is 0.263. The highest BCUT2D eigenvalue weighted by Gasteiger charge is 2.15. The molecular weight excluding hydrogens is 326 g/mol. The first-order valence-corrected chi connectivity index (χ1v) is 8.10. The molecule has 0 saturated carbocycles. The number of hydrogen-bond donors (Lipinski definition) is 1. The van der Waals surface area contributed by atoms with Crippen LogP contribution in [0.4, 0.5) is 0 Å². The van der Waals surface area contributed by atoms with Crippen LogP contribution in [0, 0.1) is 0 Å². The molecule has 126 valence electrons. The molecule has 0 fully saturated rings. The summed E-state index contributed by atoms with van der Waals surface area (Å²) < 4.78 is 5.30. The van der Waals surface area contributed by atoms with E-state index in [1.165, 1.54) is 0 Å². The van der Waals surface area contributed by atoms with Crippen LogP contribution in [0.5, 0.6) is 5.75 Å². The van der Waals surface area contributed by atoms with Crippen LogP contribution >= 0.6 is 11.6 Å². The number of amides is 1. The number of Topliss-reactive ketones (excluding diaryl/α,β-unsaturated/α-hetero) is 1. The number of para-hydroxylation sites is 1. The molecule has 5 heteroatoms. The molecule has 0 aliphatic carbocycles. The molecule has 0 bridgehead atoms. The molecule has 24 heavy (non-hydrogen) atoms. The first-order valence-electron chi connectivity index (χ1n) is 7.72. The lowest BCUT2D eigenvalue weighted by molar-refractivity contribution is -0.121. The number of carbonyl (C=O) groups is 2. The summed E-state index contributed by atoms with van der Waals surface area (Å²) in [6.45, 7) is 1.89. The molecule has 1 atom stereocenters. The van der Waals surface area contributed by atoms with Crippen LogP contribution in [-0.4, -0.2) is 18.8 Å². The molecule has 2 aromatic carbocycles. The van der Waals surface area contributed by atoms with Gasteiger partial charge in [0.05, 0.1) is 13.2 Å². The molecule has 2 rings (SSSR count). The van der Waals surface area contributed by atoms with E-state index in [0.717, 1.165) is 11.3 Å². The second kappa shape index (κ2) is 8.50. The minimum absolute atomic E-state index is 0.0771. The Morgan fingerprint density at radius 3 is 2.42 bits per heavy atom. The number of ketones is 1. The summed E-state index contributed by atoms with van der Waals surface area (Å²) in [7, 11) is 1.60. The van der Waals surface area contributed by atoms with Crippen molar-refractivity contribution in [2.24, 2.45) is 0 Å². The first kappa shape index (κ1) is 18.0. The number of carbonyl (C=O) groups excluding carboxylic acids is 2. The highest BCUT2D eigenvalue weighted by Crippen LogP contribution is 2.24. The fourth-order valence-corrected chi connectivity index (χ4v) is 2.55. The summed E-state index contributed by atoms with van der Waals surface area (Å²) in [4.78, 5) is 24.2. The van der Waals surface area contributed by atoms with Crippen LogP contribution in [0.25, 0.3) is 0 Å². The Morgan fingerprint density at radius 1 is 1.08 bits per heavy atom. The van der Waals surface area contributed by atoms with Crippen LogP contribution in [-0.2, 0) is 4.79 Å². The van der Waals surface area contributed by atoms with Crippen molar-refractivity contribution in [3.63, 3.8) is 0 Å². The van der Waals surface area contributed by atoms with Crippen LogP contribution in [0.2, 0.25) is 5.02 Å². The van der Waals surface area contributed by atoms with Crippen molar-refractivity contribution in [2.45, 2.75) is 25.8 Å². The van der Waals surface area contributed by atoms with E-state index in [0.29, 0.717) is 10.6 Å². The quantitative estimate of drug-likeness (QED) is 0.765. The molecule has 1 amide bonds. The van der Waals surface area contributed by atoms with Gasteiger partial charge in [-0.15, -0.1) is 0 Å². The van der Waals surface area contributed by atoms with Gasteiger partial charge in [-0.05, 0) is 37.3 Å². The van der Waals surface area contributed by atoms with Crippen molar-refractivity contribution in [1.29, 1.82) is 0 Å². The van der Waals surface area contributed by atoms with E-state index in [4.69, 9.17) is 16.3 Å². The van der Waals surface area contributed by atoms with Crippen molar-refractivity contribution in [1.82, 2.24) is 5.32 Å². The average Bonchev–Trinajstić information content (AvgIpc) is 2.60. The highest BCUT2D eigenvalue weighted by molar-refractivity contribution is 6.30. The summed E-state index contributed by atoms with van der Waals surface area (Å²) in [6, 6.07) is 14.0. The summed E-state index contributed by atoms with van der Waals surface area (Å²) in [6.07, 6.45) is 0.299. The molecule has 2 aromatic rings. The number of halogens is 1. The van der Waals surface area contributed by atoms with Gasteiger partial charge in [-0.25, -0.2) is 0 Å². The number of ether oxygens (including phenoxy) is 1. The van der Waals surface area contributed by atoms with Gasteiger partial charge in [0.1, 0.15) is 5.75 Å². The molecule has 0 saturated heterocycles. The zero-order chi connectivity index (χ0) is 17.5. The zero-order valence-corrected chi connectivity index (χ0v) is 14.5. The maximum absolute atomic E-state index is 12.1. The van der Waals surface area contributed by atoms with E-state index in [-0.39, 0.29) is 30.6 Å². The van der Waals surface area contributed by atoms with E-state index in [1.54, 1.807) is 31.4 Å². The third-order valence-electron chi connectivity index (χ3n) is 3.73. The Bertz CT molecular complexity index is 713. The van der Waals surface area contributed by atoms with Gasteiger partial charge in [-0.1, -0.05) is 29.8 Å². The lowest BCUT2D eigenvalue weighted by atomic mass is 10.1. The Balaban J connectivity index is 1.88. The van der Waals surface area contributed by atoms with E-state index in [9.17, 15) is 9.59 Å². The highest BCUT2D eigenvalue weighted by atomic mass is 35.5. The van der Waals surface area contributed by atoms with Crippen molar-refractivity contribution >= 4 is 23.3 Å². The molecule has 0 spiro atoms. The molecule has 0 radical (unpaired) electrons. The van der Waals surface area contributed by atoms with Gasteiger partial charge >= 0.3 is 0 Å². The lowest BCUT2D eigenvalue weighted by Gasteiger charge is -2.17. The van der Waals surface area contributed by atoms with Crippen LogP contribution < -0.4 is 10.1 Å².